The van der Waals surface area contributed by atoms with Crippen LogP contribution in [0.15, 0.2) is 42.5 Å². The number of nitrogens with one attached hydrogen (secondary N) is 1. The van der Waals surface area contributed by atoms with Crippen LogP contribution in [0.5, 0.6) is 5.75 Å². The highest BCUT2D eigenvalue weighted by Crippen LogP contribution is 2.27. The van der Waals surface area contributed by atoms with Gasteiger partial charge in [-0.3, -0.25) is 14.9 Å². The quantitative estimate of drug-likeness (QED) is 0.621. The molecule has 0 aromatic heterocycles. The number of amides is 1. The van der Waals surface area contributed by atoms with Gasteiger partial charge in [0.1, 0.15) is 5.75 Å². The molecule has 1 N–H and O–H groups in total. The first-order valence-corrected chi connectivity index (χ1v) is 7.76. The van der Waals surface area contributed by atoms with Crippen molar-refractivity contribution < 1.29 is 14.5 Å². The number of carbonyl (C=O) groups excluding carboxylic acids is 1. The van der Waals surface area contributed by atoms with E-state index >= 15 is 0 Å². The lowest BCUT2D eigenvalue weighted by Crippen LogP contribution is -2.32. The minimum Gasteiger partial charge on any atom is -0.481 e. The molecule has 1 atom stereocenters. The lowest BCUT2D eigenvalue weighted by atomic mass is 10.2. The first-order chi connectivity index (χ1) is 11.4. The molecule has 2 rings (SSSR count). The Morgan fingerprint density at radius 3 is 2.71 bits per heavy atom. The van der Waals surface area contributed by atoms with E-state index < -0.39 is 16.9 Å². The van der Waals surface area contributed by atoms with Gasteiger partial charge in [0.25, 0.3) is 11.6 Å². The average Bonchev–Trinajstić information content (AvgIpc) is 2.54. The molecular weight excluding hydrogens is 332 g/mol. The predicted molar refractivity (Wildman–Crippen MR) is 92.6 cm³/mol. The van der Waals surface area contributed by atoms with Crippen molar-refractivity contribution in [1.82, 2.24) is 0 Å². The molecule has 7 heteroatoms. The van der Waals surface area contributed by atoms with Gasteiger partial charge < -0.3 is 10.1 Å². The van der Waals surface area contributed by atoms with E-state index in [0.29, 0.717) is 12.2 Å². The number of non-ortho nitro benzene ring substituents is 1. The summed E-state index contributed by atoms with van der Waals surface area (Å²) in [6, 6.07) is 11.2. The van der Waals surface area contributed by atoms with Crippen LogP contribution < -0.4 is 10.1 Å². The fourth-order valence-electron chi connectivity index (χ4n) is 2.11. The lowest BCUT2D eigenvalue weighted by Gasteiger charge is -2.18. The molecule has 0 heterocycles. The second-order valence-corrected chi connectivity index (χ2v) is 5.65. The van der Waals surface area contributed by atoms with Gasteiger partial charge in [-0.15, -0.1) is 0 Å². The lowest BCUT2D eigenvalue weighted by molar-refractivity contribution is -0.384. The SMILES string of the molecule is CCC(Oc1cccc(C)c1)C(=O)Nc1cc([N+](=O)[O-])ccc1Cl. The van der Waals surface area contributed by atoms with Crippen LogP contribution in [0.1, 0.15) is 18.9 Å². The average molecular weight is 349 g/mol. The fourth-order valence-corrected chi connectivity index (χ4v) is 2.28. The summed E-state index contributed by atoms with van der Waals surface area (Å²) in [4.78, 5) is 22.7. The van der Waals surface area contributed by atoms with Crippen molar-refractivity contribution in [3.8, 4) is 5.75 Å². The zero-order chi connectivity index (χ0) is 17.7. The summed E-state index contributed by atoms with van der Waals surface area (Å²) in [6.07, 6.45) is -0.297. The summed E-state index contributed by atoms with van der Waals surface area (Å²) >= 11 is 6.00. The highest BCUT2D eigenvalue weighted by Gasteiger charge is 2.20. The van der Waals surface area contributed by atoms with Crippen LogP contribution in [0.4, 0.5) is 11.4 Å². The van der Waals surface area contributed by atoms with Gasteiger partial charge in [-0.1, -0.05) is 30.7 Å². The van der Waals surface area contributed by atoms with Crippen LogP contribution in [0.2, 0.25) is 5.02 Å². The third-order valence-corrected chi connectivity index (χ3v) is 3.68. The van der Waals surface area contributed by atoms with Crippen molar-refractivity contribution in [3.63, 3.8) is 0 Å². The van der Waals surface area contributed by atoms with Crippen molar-refractivity contribution in [2.75, 3.05) is 5.32 Å². The summed E-state index contributed by atoms with van der Waals surface area (Å²) in [5.41, 5.74) is 1.05. The van der Waals surface area contributed by atoms with Gasteiger partial charge in [-0.25, -0.2) is 0 Å². The third kappa shape index (κ3) is 4.45. The minimum atomic E-state index is -0.734. The summed E-state index contributed by atoms with van der Waals surface area (Å²) in [7, 11) is 0. The van der Waals surface area contributed by atoms with Crippen LogP contribution in [-0.2, 0) is 4.79 Å². The fraction of sp³-hybridized carbons (Fsp3) is 0.235. The largest absolute Gasteiger partial charge is 0.481 e. The standard InChI is InChI=1S/C17H17ClN2O4/c1-3-16(24-13-6-4-5-11(2)9-13)17(21)19-15-10-12(20(22)23)7-8-14(15)18/h4-10,16H,3H2,1-2H3,(H,19,21). The molecule has 6 nitrogen and oxygen atoms in total. The van der Waals surface area contributed by atoms with E-state index in [1.54, 1.807) is 6.07 Å². The molecule has 0 saturated heterocycles. The monoisotopic (exact) mass is 348 g/mol. The number of rotatable bonds is 6. The molecule has 0 spiro atoms. The van der Waals surface area contributed by atoms with Crippen LogP contribution in [0.3, 0.4) is 0 Å². The first kappa shape index (κ1) is 17.7. The molecule has 1 amide bonds. The number of nitro groups is 1. The molecule has 0 aliphatic heterocycles. The Morgan fingerprint density at radius 2 is 2.08 bits per heavy atom. The zero-order valence-corrected chi connectivity index (χ0v) is 14.0. The topological polar surface area (TPSA) is 81.5 Å². The van der Waals surface area contributed by atoms with Crippen LogP contribution >= 0.6 is 11.6 Å². The molecule has 2 aromatic rings. The highest BCUT2D eigenvalue weighted by molar-refractivity contribution is 6.33. The van der Waals surface area contributed by atoms with Gasteiger partial charge in [-0.05, 0) is 37.1 Å². The Labute approximate surface area is 144 Å². The molecule has 1 unspecified atom stereocenters. The van der Waals surface area contributed by atoms with Crippen molar-refractivity contribution >= 4 is 28.9 Å². The van der Waals surface area contributed by atoms with Crippen LogP contribution in [0.25, 0.3) is 0 Å². The van der Waals surface area contributed by atoms with Gasteiger partial charge in [0, 0.05) is 12.1 Å². The first-order valence-electron chi connectivity index (χ1n) is 7.39. The predicted octanol–water partition coefficient (Wildman–Crippen LogP) is 4.35. The number of halogens is 1. The van der Waals surface area contributed by atoms with Gasteiger partial charge in [0.05, 0.1) is 15.6 Å². The number of carbonyl (C=O) groups is 1. The molecule has 0 radical (unpaired) electrons. The van der Waals surface area contributed by atoms with Gasteiger partial charge in [0.15, 0.2) is 6.10 Å². The third-order valence-electron chi connectivity index (χ3n) is 3.35. The maximum absolute atomic E-state index is 12.4. The van der Waals surface area contributed by atoms with E-state index in [4.69, 9.17) is 16.3 Å². The van der Waals surface area contributed by atoms with E-state index in [1.807, 2.05) is 32.0 Å². The maximum atomic E-state index is 12.4. The Hall–Kier alpha value is -2.60. The second-order valence-electron chi connectivity index (χ2n) is 5.24. The van der Waals surface area contributed by atoms with Gasteiger partial charge in [0.2, 0.25) is 0 Å². The van der Waals surface area contributed by atoms with E-state index in [1.165, 1.54) is 18.2 Å². The Bertz CT molecular complexity index is 764. The number of anilines is 1. The number of nitrogens with zero attached hydrogens (tertiary/aromatic N) is 1. The number of nitro benzene ring substituents is 1. The summed E-state index contributed by atoms with van der Waals surface area (Å²) in [5.74, 6) is 0.170. The number of hydrogen-bond donors (Lipinski definition) is 1. The van der Waals surface area contributed by atoms with Crippen molar-refractivity contribution in [1.29, 1.82) is 0 Å². The minimum absolute atomic E-state index is 0.151. The molecule has 126 valence electrons. The van der Waals surface area contributed by atoms with Crippen LogP contribution in [0, 0.1) is 17.0 Å². The van der Waals surface area contributed by atoms with Crippen molar-refractivity contribution in [3.05, 3.63) is 63.2 Å². The second kappa shape index (κ2) is 7.79. The van der Waals surface area contributed by atoms with Crippen molar-refractivity contribution in [2.24, 2.45) is 0 Å². The molecular formula is C17H17ClN2O4. The van der Waals surface area contributed by atoms with Gasteiger partial charge >= 0.3 is 0 Å². The zero-order valence-electron chi connectivity index (χ0n) is 13.3. The number of hydrogen-bond acceptors (Lipinski definition) is 4. The van der Waals surface area contributed by atoms with E-state index in [-0.39, 0.29) is 16.4 Å². The number of aryl methyl sites for hydroxylation is 1. The number of benzene rings is 2. The summed E-state index contributed by atoms with van der Waals surface area (Å²) < 4.78 is 5.71. The Balaban J connectivity index is 2.15. The number of ether oxygens (including phenoxy) is 1. The van der Waals surface area contributed by atoms with Gasteiger partial charge in [-0.2, -0.15) is 0 Å². The summed E-state index contributed by atoms with van der Waals surface area (Å²) in [6.45, 7) is 3.74. The molecule has 0 fully saturated rings. The van der Waals surface area contributed by atoms with E-state index in [2.05, 4.69) is 5.32 Å². The molecule has 2 aromatic carbocycles. The Morgan fingerprint density at radius 1 is 1.33 bits per heavy atom. The normalized spacial score (nSPS) is 11.6. The molecule has 0 bridgehead atoms. The smallest absolute Gasteiger partial charge is 0.271 e. The molecule has 0 saturated carbocycles. The highest BCUT2D eigenvalue weighted by atomic mass is 35.5. The van der Waals surface area contributed by atoms with Crippen molar-refractivity contribution in [2.45, 2.75) is 26.4 Å². The maximum Gasteiger partial charge on any atom is 0.271 e. The van der Waals surface area contributed by atoms with E-state index in [0.717, 1.165) is 5.56 Å². The molecule has 24 heavy (non-hydrogen) atoms. The summed E-state index contributed by atoms with van der Waals surface area (Å²) in [5, 5.41) is 13.7. The van der Waals surface area contributed by atoms with Crippen LogP contribution in [-0.4, -0.2) is 16.9 Å². The van der Waals surface area contributed by atoms with E-state index in [9.17, 15) is 14.9 Å². The molecule has 0 aliphatic rings. The molecule has 0 aliphatic carbocycles. The Kier molecular flexibility index (Phi) is 5.76.